The van der Waals surface area contributed by atoms with Crippen molar-refractivity contribution < 1.29 is 36.4 Å². The molecule has 5 rings (SSSR count). The second kappa shape index (κ2) is 12.4. The predicted molar refractivity (Wildman–Crippen MR) is 147 cm³/mol. The second-order valence-electron chi connectivity index (χ2n) is 10.6. The fourth-order valence-corrected chi connectivity index (χ4v) is 5.70. The molecule has 14 heteroatoms. The number of nitrogens with zero attached hydrogens (tertiary/aromatic N) is 3. The number of carbonyl (C=O) groups is 1. The first-order chi connectivity index (χ1) is 20.0. The summed E-state index contributed by atoms with van der Waals surface area (Å²) < 4.78 is 65.0. The van der Waals surface area contributed by atoms with Crippen molar-refractivity contribution in [2.75, 3.05) is 38.1 Å². The lowest BCUT2D eigenvalue weighted by atomic mass is 9.92. The quantitative estimate of drug-likeness (QED) is 0.183. The van der Waals surface area contributed by atoms with Crippen LogP contribution in [0.25, 0.3) is 11.0 Å². The van der Waals surface area contributed by atoms with E-state index in [4.69, 9.17) is 20.8 Å². The van der Waals surface area contributed by atoms with Gasteiger partial charge in [0.1, 0.15) is 29.3 Å². The van der Waals surface area contributed by atoms with Crippen LogP contribution in [0.4, 0.5) is 28.9 Å². The minimum atomic E-state index is -4.84. The Labute approximate surface area is 243 Å². The van der Waals surface area contributed by atoms with Crippen LogP contribution < -0.4 is 5.32 Å². The topological polar surface area (TPSA) is 101 Å². The number of nitro benzene ring substituents is 1. The molecule has 3 aromatic rings. The first-order valence-corrected chi connectivity index (χ1v) is 14.0. The summed E-state index contributed by atoms with van der Waals surface area (Å²) in [6.07, 6.45) is -2.50. The smallest absolute Gasteiger partial charge is 0.423 e. The van der Waals surface area contributed by atoms with Crippen LogP contribution in [-0.4, -0.2) is 65.6 Å². The molecule has 1 aliphatic heterocycles. The van der Waals surface area contributed by atoms with Gasteiger partial charge >= 0.3 is 6.18 Å². The first kappa shape index (κ1) is 30.1. The lowest BCUT2D eigenvalue weighted by molar-refractivity contribution is -0.388. The zero-order valence-electron chi connectivity index (χ0n) is 22.5. The molecule has 0 unspecified atom stereocenters. The summed E-state index contributed by atoms with van der Waals surface area (Å²) in [6, 6.07) is 7.00. The second-order valence-corrected chi connectivity index (χ2v) is 10.9. The number of amides is 1. The van der Waals surface area contributed by atoms with Crippen molar-refractivity contribution in [1.82, 2.24) is 9.80 Å². The number of furan rings is 1. The largest absolute Gasteiger partial charge is 0.458 e. The van der Waals surface area contributed by atoms with E-state index in [0.29, 0.717) is 80.2 Å². The van der Waals surface area contributed by atoms with E-state index in [0.717, 1.165) is 12.1 Å². The standard InChI is InChI=1S/C28H29ClF4N4O5/c29-27-21-13-17(30)1-8-24(21)42-25(27)15-35-9-11-36(12-10-35)26(38)16-41-20-5-2-18(3-6-20)34-19-4-7-23(37(39)40)22(14-19)28(31,32)33/h1,4,7-8,13-14,18,20,34H,2-3,5-6,9-12,15-16H2. The Kier molecular flexibility index (Phi) is 8.90. The maximum atomic E-state index is 13.5. The number of nitro groups is 1. The predicted octanol–water partition coefficient (Wildman–Crippen LogP) is 6.24. The van der Waals surface area contributed by atoms with Gasteiger partial charge in [0.25, 0.3) is 5.69 Å². The molecule has 0 radical (unpaired) electrons. The Morgan fingerprint density at radius 2 is 1.81 bits per heavy atom. The number of anilines is 1. The van der Waals surface area contributed by atoms with Crippen LogP contribution in [0.3, 0.4) is 0 Å². The first-order valence-electron chi connectivity index (χ1n) is 13.6. The average molecular weight is 613 g/mol. The summed E-state index contributed by atoms with van der Waals surface area (Å²) in [5, 5.41) is 14.9. The van der Waals surface area contributed by atoms with E-state index in [-0.39, 0.29) is 36.2 Å². The molecule has 1 saturated carbocycles. The number of hydrogen-bond acceptors (Lipinski definition) is 7. The molecule has 42 heavy (non-hydrogen) atoms. The number of hydrogen-bond donors (Lipinski definition) is 1. The molecule has 0 atom stereocenters. The Hall–Kier alpha value is -3.42. The van der Waals surface area contributed by atoms with E-state index >= 15 is 0 Å². The van der Waals surface area contributed by atoms with Crippen LogP contribution in [0, 0.1) is 15.9 Å². The number of halogens is 5. The van der Waals surface area contributed by atoms with Crippen LogP contribution >= 0.6 is 11.6 Å². The van der Waals surface area contributed by atoms with Gasteiger partial charge in [0.2, 0.25) is 5.91 Å². The van der Waals surface area contributed by atoms with Gasteiger partial charge in [-0.2, -0.15) is 13.2 Å². The van der Waals surface area contributed by atoms with Crippen molar-refractivity contribution in [2.45, 2.75) is 50.6 Å². The molecule has 9 nitrogen and oxygen atoms in total. The van der Waals surface area contributed by atoms with Gasteiger partial charge in [-0.25, -0.2) is 4.39 Å². The Morgan fingerprint density at radius 3 is 2.48 bits per heavy atom. The molecule has 2 aliphatic rings. The Morgan fingerprint density at radius 1 is 1.10 bits per heavy atom. The third-order valence-electron chi connectivity index (χ3n) is 7.73. The number of nitrogens with one attached hydrogen (secondary N) is 1. The molecule has 0 bridgehead atoms. The average Bonchev–Trinajstić information content (AvgIpc) is 3.26. The molecule has 2 heterocycles. The maximum absolute atomic E-state index is 13.5. The fourth-order valence-electron chi connectivity index (χ4n) is 5.45. The van der Waals surface area contributed by atoms with Crippen molar-refractivity contribution >= 4 is 39.9 Å². The van der Waals surface area contributed by atoms with E-state index in [9.17, 15) is 32.5 Å². The summed E-state index contributed by atoms with van der Waals surface area (Å²) in [7, 11) is 0. The number of fused-ring (bicyclic) bond motifs is 1. The number of ether oxygens (including phenoxy) is 1. The van der Waals surface area contributed by atoms with Crippen molar-refractivity contribution in [3.63, 3.8) is 0 Å². The molecule has 1 amide bonds. The molecule has 0 spiro atoms. The molecule has 226 valence electrons. The summed E-state index contributed by atoms with van der Waals surface area (Å²) in [4.78, 5) is 26.5. The van der Waals surface area contributed by atoms with Gasteiger partial charge in [-0.15, -0.1) is 0 Å². The normalized spacial score (nSPS) is 20.2. The molecule has 2 aromatic carbocycles. The number of piperazine rings is 1. The van der Waals surface area contributed by atoms with E-state index in [1.165, 1.54) is 18.2 Å². The molecular formula is C28H29ClF4N4O5. The zero-order valence-corrected chi connectivity index (χ0v) is 23.2. The van der Waals surface area contributed by atoms with Crippen molar-refractivity contribution in [3.8, 4) is 0 Å². The number of rotatable bonds is 8. The lowest BCUT2D eigenvalue weighted by Gasteiger charge is -2.35. The monoisotopic (exact) mass is 612 g/mol. The molecular weight excluding hydrogens is 584 g/mol. The highest BCUT2D eigenvalue weighted by Gasteiger charge is 2.38. The summed E-state index contributed by atoms with van der Waals surface area (Å²) in [6.45, 7) is 2.65. The fraction of sp³-hybridized carbons (Fsp3) is 0.464. The highest BCUT2D eigenvalue weighted by molar-refractivity contribution is 6.36. The van der Waals surface area contributed by atoms with Crippen LogP contribution in [0.2, 0.25) is 5.02 Å². The Balaban J connectivity index is 1.04. The maximum Gasteiger partial charge on any atom is 0.423 e. The van der Waals surface area contributed by atoms with Gasteiger partial charge in [0.05, 0.1) is 22.6 Å². The number of benzene rings is 2. The molecule has 2 fully saturated rings. The van der Waals surface area contributed by atoms with Gasteiger partial charge in [-0.05, 0) is 56.0 Å². The Bertz CT molecular complexity index is 1450. The summed E-state index contributed by atoms with van der Waals surface area (Å²) in [5.74, 6) is 0.0542. The third kappa shape index (κ3) is 6.96. The SMILES string of the molecule is O=C(COC1CCC(Nc2ccc([N+](=O)[O-])c(C(F)(F)F)c2)CC1)N1CCN(Cc2oc3ccc(F)cc3c2Cl)CC1. The third-order valence-corrected chi connectivity index (χ3v) is 8.15. The van der Waals surface area contributed by atoms with Gasteiger partial charge in [0.15, 0.2) is 0 Å². The molecule has 1 aliphatic carbocycles. The molecule has 1 saturated heterocycles. The molecule has 1 N–H and O–H groups in total. The highest BCUT2D eigenvalue weighted by atomic mass is 35.5. The van der Waals surface area contributed by atoms with E-state index in [1.807, 2.05) is 0 Å². The number of alkyl halides is 3. The number of carbonyl (C=O) groups excluding carboxylic acids is 1. The van der Waals surface area contributed by atoms with Crippen molar-refractivity contribution in [2.24, 2.45) is 0 Å². The van der Waals surface area contributed by atoms with E-state index < -0.39 is 22.4 Å². The van der Waals surface area contributed by atoms with Gasteiger partial charge in [0, 0.05) is 49.4 Å². The minimum Gasteiger partial charge on any atom is -0.458 e. The van der Waals surface area contributed by atoms with Crippen LogP contribution in [0.15, 0.2) is 40.8 Å². The zero-order chi connectivity index (χ0) is 30.0. The van der Waals surface area contributed by atoms with E-state index in [1.54, 1.807) is 11.0 Å². The van der Waals surface area contributed by atoms with E-state index in [2.05, 4.69) is 10.2 Å². The van der Waals surface area contributed by atoms with Crippen molar-refractivity contribution in [1.29, 1.82) is 0 Å². The van der Waals surface area contributed by atoms with Gasteiger partial charge in [-0.3, -0.25) is 19.8 Å². The van der Waals surface area contributed by atoms with Gasteiger partial charge < -0.3 is 19.4 Å². The van der Waals surface area contributed by atoms with Crippen LogP contribution in [0.1, 0.15) is 37.0 Å². The van der Waals surface area contributed by atoms with Crippen molar-refractivity contribution in [3.05, 3.63) is 68.7 Å². The van der Waals surface area contributed by atoms with Gasteiger partial charge in [-0.1, -0.05) is 11.6 Å². The minimum absolute atomic E-state index is 0.0545. The molecule has 1 aromatic heterocycles. The summed E-state index contributed by atoms with van der Waals surface area (Å²) >= 11 is 6.40. The lowest BCUT2D eigenvalue weighted by Crippen LogP contribution is -2.49. The summed E-state index contributed by atoms with van der Waals surface area (Å²) in [5.41, 5.74) is -1.58. The van der Waals surface area contributed by atoms with Crippen LogP contribution in [-0.2, 0) is 22.3 Å². The van der Waals surface area contributed by atoms with Crippen LogP contribution in [0.5, 0.6) is 0 Å². The highest BCUT2D eigenvalue weighted by Crippen LogP contribution is 2.38.